The maximum atomic E-state index is 12.9. The van der Waals surface area contributed by atoms with E-state index in [4.69, 9.17) is 4.74 Å². The van der Waals surface area contributed by atoms with Crippen molar-refractivity contribution in [1.29, 1.82) is 0 Å². The molecule has 2 aromatic heterocycles. The van der Waals surface area contributed by atoms with E-state index in [1.54, 1.807) is 24.2 Å². The predicted molar refractivity (Wildman–Crippen MR) is 111 cm³/mol. The van der Waals surface area contributed by atoms with Crippen molar-refractivity contribution in [2.45, 2.75) is 58.5 Å². The van der Waals surface area contributed by atoms with Gasteiger partial charge in [0.15, 0.2) is 0 Å². The zero-order valence-corrected chi connectivity index (χ0v) is 18.3. The number of halogens is 3. The first-order chi connectivity index (χ1) is 15.0. The highest BCUT2D eigenvalue weighted by Gasteiger charge is 2.36. The molecule has 32 heavy (non-hydrogen) atoms. The number of rotatable bonds is 4. The third-order valence-electron chi connectivity index (χ3n) is 5.34. The number of H-pyrrole nitrogens is 1. The van der Waals surface area contributed by atoms with Gasteiger partial charge in [-0.2, -0.15) is 13.2 Å². The molecule has 3 heterocycles. The second-order valence-corrected chi connectivity index (χ2v) is 8.21. The Hall–Kier alpha value is -3.11. The molecule has 0 aliphatic carbocycles. The predicted octanol–water partition coefficient (Wildman–Crippen LogP) is 3.16. The van der Waals surface area contributed by atoms with Gasteiger partial charge in [-0.25, -0.2) is 14.8 Å². The molecular formula is C21H26F3N5O3. The van der Waals surface area contributed by atoms with E-state index in [9.17, 15) is 22.8 Å². The fourth-order valence-corrected chi connectivity index (χ4v) is 3.66. The molecule has 1 fully saturated rings. The second-order valence-electron chi connectivity index (χ2n) is 8.21. The summed E-state index contributed by atoms with van der Waals surface area (Å²) in [5.74, 6) is 0.592. The number of amides is 1. The van der Waals surface area contributed by atoms with E-state index >= 15 is 0 Å². The number of aromatic nitrogens is 3. The van der Waals surface area contributed by atoms with Crippen molar-refractivity contribution in [2.24, 2.45) is 0 Å². The first-order valence-corrected chi connectivity index (χ1v) is 10.3. The number of hydrogen-bond acceptors (Lipinski definition) is 6. The maximum Gasteiger partial charge on any atom is 0.421 e. The molecule has 3 rings (SSSR count). The van der Waals surface area contributed by atoms with Gasteiger partial charge in [-0.3, -0.25) is 4.79 Å². The molecule has 1 amide bonds. The molecule has 1 aliphatic heterocycles. The van der Waals surface area contributed by atoms with Gasteiger partial charge in [-0.05, 0) is 44.9 Å². The van der Waals surface area contributed by atoms with Gasteiger partial charge in [-0.15, -0.1) is 0 Å². The average Bonchev–Trinajstić information content (AvgIpc) is 2.70. The van der Waals surface area contributed by atoms with Gasteiger partial charge >= 0.3 is 12.3 Å². The molecule has 8 nitrogen and oxygen atoms in total. The van der Waals surface area contributed by atoms with Gasteiger partial charge in [0, 0.05) is 50.2 Å². The number of aromatic amines is 1. The van der Waals surface area contributed by atoms with Gasteiger partial charge in [-0.1, -0.05) is 0 Å². The Morgan fingerprint density at radius 3 is 2.53 bits per heavy atom. The summed E-state index contributed by atoms with van der Waals surface area (Å²) in [5, 5.41) is 0. The molecule has 0 bridgehead atoms. The molecule has 0 radical (unpaired) electrons. The number of nitrogens with one attached hydrogen (secondary N) is 1. The highest BCUT2D eigenvalue weighted by molar-refractivity contribution is 5.69. The number of ether oxygens (including phenoxy) is 1. The summed E-state index contributed by atoms with van der Waals surface area (Å²) >= 11 is 0. The number of carbonyl (C=O) groups is 1. The van der Waals surface area contributed by atoms with Crippen LogP contribution in [0.4, 0.5) is 23.9 Å². The average molecular weight is 453 g/mol. The summed E-state index contributed by atoms with van der Waals surface area (Å²) in [4.78, 5) is 38.6. The van der Waals surface area contributed by atoms with Crippen molar-refractivity contribution >= 4 is 12.0 Å². The van der Waals surface area contributed by atoms with Crippen molar-refractivity contribution in [3.05, 3.63) is 51.7 Å². The van der Waals surface area contributed by atoms with E-state index < -0.39 is 29.5 Å². The van der Waals surface area contributed by atoms with E-state index in [-0.39, 0.29) is 24.1 Å². The monoisotopic (exact) mass is 453 g/mol. The molecule has 1 aliphatic rings. The van der Waals surface area contributed by atoms with Crippen LogP contribution in [0.5, 0.6) is 0 Å². The summed E-state index contributed by atoms with van der Waals surface area (Å²) < 4.78 is 44.3. The number of nitrogens with zero attached hydrogens (tertiary/aromatic N) is 4. The molecule has 2 aromatic rings. The third-order valence-corrected chi connectivity index (χ3v) is 5.34. The fourth-order valence-electron chi connectivity index (χ4n) is 3.66. The molecule has 1 saturated heterocycles. The SMILES string of the molecule is Cc1cnc(N2C[C@@H](C)N(C(=O)O[C@@H](C)Cc3c[nH]c(=O)c(C(F)(F)F)c3)C[C@@H]2C)nc1. The van der Waals surface area contributed by atoms with Gasteiger partial charge < -0.3 is 19.5 Å². The Labute approximate surface area is 183 Å². The lowest BCUT2D eigenvalue weighted by Gasteiger charge is -2.43. The summed E-state index contributed by atoms with van der Waals surface area (Å²) in [7, 11) is 0. The first kappa shape index (κ1) is 23.6. The summed E-state index contributed by atoms with van der Waals surface area (Å²) in [6.45, 7) is 8.25. The van der Waals surface area contributed by atoms with Crippen molar-refractivity contribution in [2.75, 3.05) is 18.0 Å². The fraction of sp³-hybridized carbons (Fsp3) is 0.524. The Morgan fingerprint density at radius 2 is 1.91 bits per heavy atom. The Kier molecular flexibility index (Phi) is 6.75. The number of anilines is 1. The Bertz CT molecular complexity index is 1010. The van der Waals surface area contributed by atoms with Gasteiger partial charge in [0.25, 0.3) is 5.56 Å². The topological polar surface area (TPSA) is 91.4 Å². The normalized spacial score (nSPS) is 20.2. The Balaban J connectivity index is 1.62. The molecule has 3 atom stereocenters. The summed E-state index contributed by atoms with van der Waals surface area (Å²) in [6, 6.07) is 0.555. The first-order valence-electron chi connectivity index (χ1n) is 10.3. The quantitative estimate of drug-likeness (QED) is 0.765. The molecule has 11 heteroatoms. The lowest BCUT2D eigenvalue weighted by atomic mass is 10.1. The van der Waals surface area contributed by atoms with E-state index in [0.717, 1.165) is 11.6 Å². The van der Waals surface area contributed by atoms with E-state index in [0.29, 0.717) is 19.0 Å². The maximum absolute atomic E-state index is 12.9. The summed E-state index contributed by atoms with van der Waals surface area (Å²) in [5.41, 5.74) is -1.30. The molecule has 0 aromatic carbocycles. The van der Waals surface area contributed by atoms with Crippen LogP contribution in [-0.2, 0) is 17.3 Å². The van der Waals surface area contributed by atoms with Crippen LogP contribution in [0.1, 0.15) is 37.5 Å². The Morgan fingerprint density at radius 1 is 1.25 bits per heavy atom. The number of hydrogen-bond donors (Lipinski definition) is 1. The third kappa shape index (κ3) is 5.38. The van der Waals surface area contributed by atoms with E-state index in [1.807, 2.05) is 25.7 Å². The van der Waals surface area contributed by atoms with Crippen molar-refractivity contribution in [3.63, 3.8) is 0 Å². The van der Waals surface area contributed by atoms with Crippen LogP contribution in [0.25, 0.3) is 0 Å². The van der Waals surface area contributed by atoms with Gasteiger partial charge in [0.05, 0.1) is 0 Å². The minimum Gasteiger partial charge on any atom is -0.446 e. The highest BCUT2D eigenvalue weighted by atomic mass is 19.4. The molecule has 174 valence electrons. The van der Waals surface area contributed by atoms with Gasteiger partial charge in [0.1, 0.15) is 11.7 Å². The summed E-state index contributed by atoms with van der Waals surface area (Å²) in [6.07, 6.45) is -1.26. The van der Waals surface area contributed by atoms with Crippen LogP contribution in [0, 0.1) is 6.92 Å². The van der Waals surface area contributed by atoms with Crippen molar-refractivity contribution < 1.29 is 22.7 Å². The second kappa shape index (κ2) is 9.17. The molecule has 1 N–H and O–H groups in total. The van der Waals surface area contributed by atoms with Crippen molar-refractivity contribution in [1.82, 2.24) is 19.9 Å². The molecule has 0 saturated carbocycles. The zero-order chi connectivity index (χ0) is 23.6. The molecule has 0 spiro atoms. The van der Waals surface area contributed by atoms with E-state index in [2.05, 4.69) is 15.0 Å². The largest absolute Gasteiger partial charge is 0.446 e. The number of alkyl halides is 3. The molecular weight excluding hydrogens is 427 g/mol. The molecule has 0 unspecified atom stereocenters. The standard InChI is InChI=1S/C21H26F3N5O3/c1-12-7-26-19(27-8-12)28-10-14(3)29(11-13(28)2)20(31)32-15(4)5-16-6-17(21(22,23)24)18(30)25-9-16/h6-9,13-15H,5,10-11H2,1-4H3,(H,25,30)/t13-,14+,15-/m0/s1. The highest BCUT2D eigenvalue weighted by Crippen LogP contribution is 2.27. The van der Waals surface area contributed by atoms with Crippen molar-refractivity contribution in [3.8, 4) is 0 Å². The van der Waals surface area contributed by atoms with Crippen LogP contribution in [0.2, 0.25) is 0 Å². The van der Waals surface area contributed by atoms with Crippen LogP contribution in [0.3, 0.4) is 0 Å². The number of aryl methyl sites for hydroxylation is 1. The number of carbonyl (C=O) groups excluding carboxylic acids is 1. The van der Waals surface area contributed by atoms with Gasteiger partial charge in [0.2, 0.25) is 5.95 Å². The lowest BCUT2D eigenvalue weighted by Crippen LogP contribution is -2.59. The minimum absolute atomic E-state index is 0.0344. The van der Waals surface area contributed by atoms with Crippen LogP contribution < -0.4 is 10.5 Å². The van der Waals surface area contributed by atoms with Crippen LogP contribution in [0.15, 0.2) is 29.5 Å². The number of pyridine rings is 1. The minimum atomic E-state index is -4.75. The van der Waals surface area contributed by atoms with Crippen LogP contribution in [-0.4, -0.2) is 57.2 Å². The van der Waals surface area contributed by atoms with E-state index in [1.165, 1.54) is 6.20 Å². The van der Waals surface area contributed by atoms with Crippen LogP contribution >= 0.6 is 0 Å². The lowest BCUT2D eigenvalue weighted by molar-refractivity contribution is -0.138. The zero-order valence-electron chi connectivity index (χ0n) is 18.3. The number of piperazine rings is 1. The smallest absolute Gasteiger partial charge is 0.421 e.